The molecular formula is C60H71N. The highest BCUT2D eigenvalue weighted by atomic mass is 15.1. The van der Waals surface area contributed by atoms with Crippen molar-refractivity contribution in [2.45, 2.75) is 155 Å². The van der Waals surface area contributed by atoms with Gasteiger partial charge in [0.05, 0.1) is 0 Å². The van der Waals surface area contributed by atoms with E-state index < -0.39 is 0 Å². The molecule has 6 aromatic carbocycles. The SMILES string of the molecule is CC(C)(C)c1ccc(C2(C)c3ccccc3-c3ccc(N(c4ccc(-c5cc(C(C)(C)C)c(C(C)(C)C)c(C(C)(C)C)c5)cc4)c4ccc(C5CCCCC5)cc4)cc32)cc1. The van der Waals surface area contributed by atoms with Crippen LogP contribution in [-0.2, 0) is 27.1 Å². The molecule has 8 rings (SSSR count). The van der Waals surface area contributed by atoms with Crippen LogP contribution in [0.4, 0.5) is 17.1 Å². The van der Waals surface area contributed by atoms with Crippen LogP contribution >= 0.6 is 0 Å². The molecule has 0 amide bonds. The van der Waals surface area contributed by atoms with Crippen LogP contribution in [0.25, 0.3) is 22.3 Å². The van der Waals surface area contributed by atoms with E-state index in [1.165, 1.54) is 116 Å². The summed E-state index contributed by atoms with van der Waals surface area (Å²) in [6, 6.07) is 49.7. The first-order chi connectivity index (χ1) is 28.7. The Labute approximate surface area is 369 Å². The van der Waals surface area contributed by atoms with Gasteiger partial charge in [-0.1, -0.05) is 193 Å². The fourth-order valence-corrected chi connectivity index (χ4v) is 10.6. The van der Waals surface area contributed by atoms with Crippen LogP contribution in [0, 0.1) is 0 Å². The number of fused-ring (bicyclic) bond motifs is 3. The molecule has 1 unspecified atom stereocenters. The minimum atomic E-state index is -0.298. The minimum absolute atomic E-state index is 0.00943. The molecule has 0 bridgehead atoms. The molecule has 0 saturated heterocycles. The van der Waals surface area contributed by atoms with E-state index in [2.05, 4.69) is 222 Å². The summed E-state index contributed by atoms with van der Waals surface area (Å²) in [6.45, 7) is 30.7. The summed E-state index contributed by atoms with van der Waals surface area (Å²) in [5.41, 5.74) is 19.9. The third kappa shape index (κ3) is 8.04. The van der Waals surface area contributed by atoms with Gasteiger partial charge in [0.25, 0.3) is 0 Å². The van der Waals surface area contributed by atoms with E-state index in [9.17, 15) is 0 Å². The van der Waals surface area contributed by atoms with E-state index in [0.717, 1.165) is 0 Å². The lowest BCUT2D eigenvalue weighted by molar-refractivity contribution is 0.443. The van der Waals surface area contributed by atoms with Crippen LogP contribution in [0.1, 0.15) is 173 Å². The van der Waals surface area contributed by atoms with E-state index in [0.29, 0.717) is 5.92 Å². The fraction of sp³-hybridized carbons (Fsp3) is 0.400. The Morgan fingerprint density at radius 1 is 0.459 bits per heavy atom. The topological polar surface area (TPSA) is 3.24 Å². The van der Waals surface area contributed by atoms with Crippen molar-refractivity contribution in [3.05, 3.63) is 172 Å². The summed E-state index contributed by atoms with van der Waals surface area (Å²) in [5, 5.41) is 0. The molecule has 0 heterocycles. The molecule has 1 fully saturated rings. The van der Waals surface area contributed by atoms with Gasteiger partial charge in [-0.15, -0.1) is 0 Å². The molecule has 0 aliphatic heterocycles. The van der Waals surface area contributed by atoms with Gasteiger partial charge in [0.15, 0.2) is 0 Å². The van der Waals surface area contributed by atoms with Gasteiger partial charge < -0.3 is 4.90 Å². The molecule has 0 aromatic heterocycles. The zero-order chi connectivity index (χ0) is 43.7. The van der Waals surface area contributed by atoms with Crippen LogP contribution in [0.5, 0.6) is 0 Å². The Kier molecular flexibility index (Phi) is 10.9. The Morgan fingerprint density at radius 2 is 0.984 bits per heavy atom. The smallest absolute Gasteiger partial charge is 0.0465 e. The quantitative estimate of drug-likeness (QED) is 0.162. The second kappa shape index (κ2) is 15.5. The third-order valence-corrected chi connectivity index (χ3v) is 14.1. The molecule has 0 radical (unpaired) electrons. The van der Waals surface area contributed by atoms with Crippen molar-refractivity contribution in [1.82, 2.24) is 0 Å². The number of benzene rings is 6. The first kappa shape index (κ1) is 42.8. The molecule has 6 aromatic rings. The van der Waals surface area contributed by atoms with Crippen molar-refractivity contribution >= 4 is 17.1 Å². The molecule has 1 nitrogen and oxygen atoms in total. The van der Waals surface area contributed by atoms with E-state index >= 15 is 0 Å². The lowest BCUT2D eigenvalue weighted by atomic mass is 9.68. The van der Waals surface area contributed by atoms with E-state index in [1.807, 2.05) is 0 Å². The van der Waals surface area contributed by atoms with Crippen molar-refractivity contribution in [2.75, 3.05) is 4.90 Å². The zero-order valence-corrected chi connectivity index (χ0v) is 39.7. The summed E-state index contributed by atoms with van der Waals surface area (Å²) in [7, 11) is 0. The average Bonchev–Trinajstić information content (AvgIpc) is 3.48. The maximum absolute atomic E-state index is 2.49. The van der Waals surface area contributed by atoms with Crippen LogP contribution in [0.3, 0.4) is 0 Å². The predicted molar refractivity (Wildman–Crippen MR) is 265 cm³/mol. The van der Waals surface area contributed by atoms with Gasteiger partial charge in [-0.3, -0.25) is 0 Å². The Morgan fingerprint density at radius 3 is 1.52 bits per heavy atom. The minimum Gasteiger partial charge on any atom is -0.310 e. The number of hydrogen-bond donors (Lipinski definition) is 0. The van der Waals surface area contributed by atoms with Crippen molar-refractivity contribution in [3.63, 3.8) is 0 Å². The van der Waals surface area contributed by atoms with Gasteiger partial charge in [-0.25, -0.2) is 0 Å². The van der Waals surface area contributed by atoms with Crippen molar-refractivity contribution in [1.29, 1.82) is 0 Å². The molecular weight excluding hydrogens is 735 g/mol. The lowest BCUT2D eigenvalue weighted by Gasteiger charge is -2.37. The third-order valence-electron chi connectivity index (χ3n) is 14.1. The van der Waals surface area contributed by atoms with Gasteiger partial charge in [0, 0.05) is 22.5 Å². The monoisotopic (exact) mass is 806 g/mol. The molecule has 316 valence electrons. The van der Waals surface area contributed by atoms with E-state index in [4.69, 9.17) is 0 Å². The van der Waals surface area contributed by atoms with Crippen LogP contribution in [-0.4, -0.2) is 0 Å². The standard InChI is InChI=1S/C60H71N/c1-56(2,3)44-27-29-45(30-28-44)60(13)51-22-18-17-21-49(51)50-36-35-48(39-52(50)60)61(46-31-23-41(24-32-46)40-19-15-14-16-20-40)47-33-25-42(26-34-47)43-37-53(57(4,5)6)55(59(10,11)12)54(38-43)58(7,8)9/h17-18,21-40H,14-16,19-20H2,1-13H3. The molecule has 1 heteroatoms. The highest BCUT2D eigenvalue weighted by molar-refractivity contribution is 5.87. The number of hydrogen-bond acceptors (Lipinski definition) is 1. The largest absolute Gasteiger partial charge is 0.310 e. The summed E-state index contributed by atoms with van der Waals surface area (Å²) >= 11 is 0. The summed E-state index contributed by atoms with van der Waals surface area (Å²) in [6.07, 6.45) is 6.66. The van der Waals surface area contributed by atoms with Crippen molar-refractivity contribution < 1.29 is 0 Å². The predicted octanol–water partition coefficient (Wildman–Crippen LogP) is 17.4. The molecule has 0 N–H and O–H groups in total. The Hall–Kier alpha value is -4.88. The lowest BCUT2D eigenvalue weighted by Crippen LogP contribution is -2.28. The average molecular weight is 806 g/mol. The molecule has 61 heavy (non-hydrogen) atoms. The number of rotatable bonds is 6. The van der Waals surface area contributed by atoms with Crippen LogP contribution < -0.4 is 4.90 Å². The van der Waals surface area contributed by atoms with Crippen molar-refractivity contribution in [2.24, 2.45) is 0 Å². The zero-order valence-electron chi connectivity index (χ0n) is 39.7. The molecule has 0 spiro atoms. The second-order valence-electron chi connectivity index (χ2n) is 22.7. The second-order valence-corrected chi connectivity index (χ2v) is 22.7. The molecule has 1 saturated carbocycles. The summed E-state index contributed by atoms with van der Waals surface area (Å²) in [5.74, 6) is 0.667. The van der Waals surface area contributed by atoms with Gasteiger partial charge in [0.2, 0.25) is 0 Å². The number of anilines is 3. The first-order valence-corrected chi connectivity index (χ1v) is 23.2. The van der Waals surface area contributed by atoms with E-state index in [-0.39, 0.29) is 27.1 Å². The van der Waals surface area contributed by atoms with Gasteiger partial charge in [-0.05, 0) is 151 Å². The molecule has 2 aliphatic carbocycles. The molecule has 1 atom stereocenters. The van der Waals surface area contributed by atoms with Crippen molar-refractivity contribution in [3.8, 4) is 22.3 Å². The Balaban J connectivity index is 1.27. The maximum atomic E-state index is 2.49. The van der Waals surface area contributed by atoms with Gasteiger partial charge in [-0.2, -0.15) is 0 Å². The summed E-state index contributed by atoms with van der Waals surface area (Å²) in [4.78, 5) is 2.49. The fourth-order valence-electron chi connectivity index (χ4n) is 10.6. The maximum Gasteiger partial charge on any atom is 0.0465 e. The Bertz CT molecular complexity index is 2480. The van der Waals surface area contributed by atoms with Gasteiger partial charge >= 0.3 is 0 Å². The van der Waals surface area contributed by atoms with Crippen LogP contribution in [0.2, 0.25) is 0 Å². The van der Waals surface area contributed by atoms with Gasteiger partial charge in [0.1, 0.15) is 0 Å². The first-order valence-electron chi connectivity index (χ1n) is 23.2. The van der Waals surface area contributed by atoms with E-state index in [1.54, 1.807) is 0 Å². The summed E-state index contributed by atoms with van der Waals surface area (Å²) < 4.78 is 0. The molecule has 2 aliphatic rings. The normalized spacial score (nSPS) is 17.3. The highest BCUT2D eigenvalue weighted by Crippen LogP contribution is 2.54. The number of nitrogens with zero attached hydrogens (tertiary/aromatic N) is 1. The highest BCUT2D eigenvalue weighted by Gasteiger charge is 2.41. The van der Waals surface area contributed by atoms with Crippen LogP contribution in [0.15, 0.2) is 127 Å².